The maximum Gasteiger partial charge on any atom is 0.245 e. The average Bonchev–Trinajstić information content (AvgIpc) is 2.54. The molecule has 25 heavy (non-hydrogen) atoms. The van der Waals surface area contributed by atoms with Crippen LogP contribution in [0.25, 0.3) is 0 Å². The minimum Gasteiger partial charge on any atom is -0.384 e. The molecule has 2 atom stereocenters. The number of rotatable bonds is 5. The van der Waals surface area contributed by atoms with Gasteiger partial charge in [0.15, 0.2) is 0 Å². The summed E-state index contributed by atoms with van der Waals surface area (Å²) in [5, 5.41) is 14.6. The predicted octanol–water partition coefficient (Wildman–Crippen LogP) is 2.56. The third-order valence-corrected chi connectivity index (χ3v) is 5.52. The Hall–Kier alpha value is -1.59. The van der Waals surface area contributed by atoms with Gasteiger partial charge in [-0.15, -0.1) is 0 Å². The number of carbonyl (C=O) groups excluding carboxylic acids is 2. The van der Waals surface area contributed by atoms with Gasteiger partial charge in [0, 0.05) is 23.5 Å². The van der Waals surface area contributed by atoms with Gasteiger partial charge in [-0.3, -0.25) is 9.59 Å². The van der Waals surface area contributed by atoms with Crippen LogP contribution in [-0.4, -0.2) is 41.5 Å². The van der Waals surface area contributed by atoms with Crippen LogP contribution < -0.4 is 5.32 Å². The first-order valence-corrected chi connectivity index (χ1v) is 8.97. The van der Waals surface area contributed by atoms with Crippen molar-refractivity contribution in [3.8, 4) is 0 Å². The van der Waals surface area contributed by atoms with Crippen molar-refractivity contribution >= 4 is 23.9 Å². The molecule has 1 fully saturated rings. The van der Waals surface area contributed by atoms with E-state index in [0.717, 1.165) is 5.56 Å². The first-order chi connectivity index (χ1) is 11.6. The van der Waals surface area contributed by atoms with Crippen molar-refractivity contribution in [1.82, 2.24) is 10.2 Å². The highest BCUT2D eigenvalue weighted by atomic mass is 35.5. The lowest BCUT2D eigenvalue weighted by atomic mass is 9.66. The summed E-state index contributed by atoms with van der Waals surface area (Å²) in [5.74, 6) is -0.105. The summed E-state index contributed by atoms with van der Waals surface area (Å²) in [5.41, 5.74) is -0.780. The van der Waals surface area contributed by atoms with Gasteiger partial charge in [-0.1, -0.05) is 51.4 Å². The number of hydrogen-bond donors (Lipinski definition) is 2. The van der Waals surface area contributed by atoms with Gasteiger partial charge in [-0.2, -0.15) is 0 Å². The molecule has 0 radical (unpaired) electrons. The molecule has 138 valence electrons. The van der Waals surface area contributed by atoms with Crippen molar-refractivity contribution in [1.29, 1.82) is 0 Å². The number of likely N-dealkylation sites (tertiary alicyclic amines) is 1. The van der Waals surface area contributed by atoms with E-state index >= 15 is 0 Å². The summed E-state index contributed by atoms with van der Waals surface area (Å²) < 4.78 is 0. The van der Waals surface area contributed by atoms with Crippen molar-refractivity contribution in [2.75, 3.05) is 13.1 Å². The summed E-state index contributed by atoms with van der Waals surface area (Å²) in [6, 6.07) is 6.67. The van der Waals surface area contributed by atoms with E-state index in [1.165, 1.54) is 0 Å². The van der Waals surface area contributed by atoms with Crippen molar-refractivity contribution in [2.24, 2.45) is 11.3 Å². The summed E-state index contributed by atoms with van der Waals surface area (Å²) in [4.78, 5) is 25.4. The molecule has 1 aromatic rings. The molecule has 2 unspecified atom stereocenters. The Morgan fingerprint density at radius 2 is 1.92 bits per heavy atom. The first-order valence-electron chi connectivity index (χ1n) is 8.59. The van der Waals surface area contributed by atoms with Gasteiger partial charge in [-0.05, 0) is 30.0 Å². The van der Waals surface area contributed by atoms with Crippen molar-refractivity contribution in [3.05, 3.63) is 34.9 Å². The van der Waals surface area contributed by atoms with Crippen LogP contribution in [-0.2, 0) is 15.2 Å². The van der Waals surface area contributed by atoms with Crippen LogP contribution in [0.3, 0.4) is 0 Å². The monoisotopic (exact) mass is 366 g/mol. The highest BCUT2D eigenvalue weighted by molar-refractivity contribution is 6.30. The summed E-state index contributed by atoms with van der Waals surface area (Å²) in [6.07, 6.45) is 1.00. The minimum absolute atomic E-state index is 0.00196. The van der Waals surface area contributed by atoms with E-state index in [1.807, 2.05) is 39.8 Å². The van der Waals surface area contributed by atoms with Crippen LogP contribution in [0.1, 0.15) is 39.7 Å². The Morgan fingerprint density at radius 3 is 2.40 bits per heavy atom. The van der Waals surface area contributed by atoms with E-state index in [-0.39, 0.29) is 11.8 Å². The molecule has 1 aliphatic rings. The average molecular weight is 367 g/mol. The Balaban J connectivity index is 2.23. The Morgan fingerprint density at radius 1 is 1.32 bits per heavy atom. The van der Waals surface area contributed by atoms with E-state index in [9.17, 15) is 14.7 Å². The quantitative estimate of drug-likeness (QED) is 0.787. The minimum atomic E-state index is -1.04. The third kappa shape index (κ3) is 3.82. The fourth-order valence-corrected chi connectivity index (χ4v) is 3.72. The van der Waals surface area contributed by atoms with Gasteiger partial charge in [0.1, 0.15) is 6.04 Å². The molecule has 1 aromatic carbocycles. The topological polar surface area (TPSA) is 69.6 Å². The molecule has 0 saturated carbocycles. The molecule has 1 saturated heterocycles. The molecule has 1 aliphatic heterocycles. The highest BCUT2D eigenvalue weighted by Crippen LogP contribution is 2.46. The SMILES string of the molecule is CC(C)C(NC=O)C(=O)N1CCC(O)(c2ccc(Cl)cc2)C(C)(C)C1. The second kappa shape index (κ2) is 7.34. The van der Waals surface area contributed by atoms with Crippen LogP contribution >= 0.6 is 11.6 Å². The van der Waals surface area contributed by atoms with E-state index in [2.05, 4.69) is 5.32 Å². The predicted molar refractivity (Wildman–Crippen MR) is 98.2 cm³/mol. The van der Waals surface area contributed by atoms with E-state index in [0.29, 0.717) is 30.9 Å². The standard InChI is InChI=1S/C19H27ClN2O3/c1-13(2)16(21-12-23)17(24)22-10-9-19(25,18(3,4)11-22)14-5-7-15(20)8-6-14/h5-8,12-13,16,25H,9-11H2,1-4H3,(H,21,23). The number of nitrogens with one attached hydrogen (secondary N) is 1. The Bertz CT molecular complexity index is 630. The lowest BCUT2D eigenvalue weighted by molar-refractivity contribution is -0.156. The fourth-order valence-electron chi connectivity index (χ4n) is 3.59. The van der Waals surface area contributed by atoms with Crippen LogP contribution in [0.5, 0.6) is 0 Å². The van der Waals surface area contributed by atoms with Gasteiger partial charge >= 0.3 is 0 Å². The van der Waals surface area contributed by atoms with Crippen molar-refractivity contribution < 1.29 is 14.7 Å². The number of carbonyl (C=O) groups is 2. The van der Waals surface area contributed by atoms with Crippen LogP contribution in [0.15, 0.2) is 24.3 Å². The Kier molecular flexibility index (Phi) is 5.79. The second-order valence-electron chi connectivity index (χ2n) is 7.77. The maximum atomic E-state index is 12.8. The van der Waals surface area contributed by atoms with Crippen LogP contribution in [0, 0.1) is 11.3 Å². The number of halogens is 1. The second-order valence-corrected chi connectivity index (χ2v) is 8.20. The molecule has 2 rings (SSSR count). The molecule has 1 heterocycles. The molecular formula is C19H27ClN2O3. The highest BCUT2D eigenvalue weighted by Gasteiger charge is 2.50. The van der Waals surface area contributed by atoms with Crippen LogP contribution in [0.2, 0.25) is 5.02 Å². The number of benzene rings is 1. The zero-order valence-corrected chi connectivity index (χ0v) is 16.0. The van der Waals surface area contributed by atoms with E-state index < -0.39 is 17.1 Å². The Labute approximate surface area is 154 Å². The lowest BCUT2D eigenvalue weighted by Gasteiger charge is -2.51. The largest absolute Gasteiger partial charge is 0.384 e. The van der Waals surface area contributed by atoms with Gasteiger partial charge in [0.05, 0.1) is 5.60 Å². The number of nitrogens with zero attached hydrogens (tertiary/aromatic N) is 1. The van der Waals surface area contributed by atoms with Crippen molar-refractivity contribution in [3.63, 3.8) is 0 Å². The lowest BCUT2D eigenvalue weighted by Crippen LogP contribution is -2.60. The summed E-state index contributed by atoms with van der Waals surface area (Å²) in [7, 11) is 0. The summed E-state index contributed by atoms with van der Waals surface area (Å²) >= 11 is 5.96. The number of hydrogen-bond acceptors (Lipinski definition) is 3. The molecule has 6 heteroatoms. The molecule has 2 amide bonds. The molecule has 0 spiro atoms. The molecule has 5 nitrogen and oxygen atoms in total. The number of aliphatic hydroxyl groups is 1. The van der Waals surface area contributed by atoms with Gasteiger partial charge in [0.25, 0.3) is 0 Å². The summed E-state index contributed by atoms with van der Waals surface area (Å²) in [6.45, 7) is 8.56. The van der Waals surface area contributed by atoms with Crippen molar-refractivity contribution in [2.45, 2.75) is 45.8 Å². The first kappa shape index (κ1) is 19.7. The zero-order valence-electron chi connectivity index (χ0n) is 15.3. The molecule has 0 aromatic heterocycles. The fraction of sp³-hybridized carbons (Fsp3) is 0.579. The number of piperidine rings is 1. The normalized spacial score (nSPS) is 24.0. The molecular weight excluding hydrogens is 340 g/mol. The number of amides is 2. The van der Waals surface area contributed by atoms with E-state index in [1.54, 1.807) is 17.0 Å². The third-order valence-electron chi connectivity index (χ3n) is 5.26. The maximum absolute atomic E-state index is 12.8. The van der Waals surface area contributed by atoms with Gasteiger partial charge < -0.3 is 15.3 Å². The molecule has 2 N–H and O–H groups in total. The molecule has 0 aliphatic carbocycles. The van der Waals surface area contributed by atoms with Gasteiger partial charge in [0.2, 0.25) is 12.3 Å². The zero-order chi connectivity index (χ0) is 18.8. The van der Waals surface area contributed by atoms with Crippen LogP contribution in [0.4, 0.5) is 0 Å². The smallest absolute Gasteiger partial charge is 0.245 e. The molecule has 0 bridgehead atoms. The van der Waals surface area contributed by atoms with Gasteiger partial charge in [-0.25, -0.2) is 0 Å². The van der Waals surface area contributed by atoms with E-state index in [4.69, 9.17) is 11.6 Å².